The van der Waals surface area contributed by atoms with Gasteiger partial charge in [-0.2, -0.15) is 0 Å². The summed E-state index contributed by atoms with van der Waals surface area (Å²) in [6.45, 7) is 2.88. The van der Waals surface area contributed by atoms with E-state index in [-0.39, 0.29) is 10.6 Å². The van der Waals surface area contributed by atoms with Gasteiger partial charge in [-0.25, -0.2) is 9.07 Å². The van der Waals surface area contributed by atoms with Crippen LogP contribution in [0.3, 0.4) is 0 Å². The molecule has 8 heteroatoms. The summed E-state index contributed by atoms with van der Waals surface area (Å²) in [5.41, 5.74) is 1.13. The molecule has 0 bridgehead atoms. The van der Waals surface area contributed by atoms with Gasteiger partial charge in [-0.15, -0.1) is 5.10 Å². The van der Waals surface area contributed by atoms with Gasteiger partial charge in [0.2, 0.25) is 0 Å². The zero-order valence-electron chi connectivity index (χ0n) is 16.0. The summed E-state index contributed by atoms with van der Waals surface area (Å²) in [7, 11) is 3.60. The van der Waals surface area contributed by atoms with Gasteiger partial charge in [0.25, 0.3) is 10.7 Å². The highest BCUT2D eigenvalue weighted by molar-refractivity contribution is 7.71. The average molecular weight is 403 g/mol. The Labute approximate surface area is 168 Å². The first kappa shape index (κ1) is 20.0. The number of para-hydroxylation sites is 1. The molecule has 0 saturated heterocycles. The zero-order chi connectivity index (χ0) is 20.1. The molecule has 0 aliphatic heterocycles. The lowest BCUT2D eigenvalue weighted by molar-refractivity contribution is 0.179. The van der Waals surface area contributed by atoms with E-state index in [4.69, 9.17) is 26.1 Å². The van der Waals surface area contributed by atoms with Crippen LogP contribution >= 0.6 is 12.2 Å². The predicted molar refractivity (Wildman–Crippen MR) is 105 cm³/mol. The highest BCUT2D eigenvalue weighted by atomic mass is 32.1. The van der Waals surface area contributed by atoms with Crippen molar-refractivity contribution in [2.45, 2.75) is 26.2 Å². The molecule has 0 spiro atoms. The number of nitrogens with zero attached hydrogens (tertiary/aromatic N) is 3. The van der Waals surface area contributed by atoms with Crippen LogP contribution in [0.25, 0.3) is 0 Å². The van der Waals surface area contributed by atoms with Crippen LogP contribution in [0.4, 0.5) is 4.39 Å². The Morgan fingerprint density at radius 2 is 1.93 bits per heavy atom. The summed E-state index contributed by atoms with van der Waals surface area (Å²) in [6.07, 6.45) is -0.577. The van der Waals surface area contributed by atoms with Crippen LogP contribution < -0.4 is 9.47 Å². The summed E-state index contributed by atoms with van der Waals surface area (Å²) in [5, 5.41) is 4.38. The molecule has 0 aliphatic carbocycles. The van der Waals surface area contributed by atoms with Crippen LogP contribution in [0, 0.1) is 10.7 Å². The molecular weight excluding hydrogens is 381 g/mol. The van der Waals surface area contributed by atoms with Gasteiger partial charge >= 0.3 is 0 Å². The second kappa shape index (κ2) is 8.99. The predicted octanol–water partition coefficient (Wildman–Crippen LogP) is 4.58. The number of hydrogen-bond donors (Lipinski definition) is 0. The fraction of sp³-hybridized carbons (Fsp3) is 0.300. The van der Waals surface area contributed by atoms with E-state index in [1.54, 1.807) is 36.9 Å². The van der Waals surface area contributed by atoms with Crippen molar-refractivity contribution in [3.63, 3.8) is 0 Å². The molecule has 1 heterocycles. The first-order valence-corrected chi connectivity index (χ1v) is 9.17. The summed E-state index contributed by atoms with van der Waals surface area (Å²) in [4.78, 5) is 2.28. The third kappa shape index (κ3) is 4.96. The van der Waals surface area contributed by atoms with Crippen LogP contribution in [0.5, 0.6) is 11.5 Å². The molecule has 148 valence electrons. The van der Waals surface area contributed by atoms with Crippen molar-refractivity contribution < 1.29 is 18.3 Å². The Kier molecular flexibility index (Phi) is 6.43. The molecule has 0 radical (unpaired) electrons. The Morgan fingerprint density at radius 3 is 2.61 bits per heavy atom. The maximum Gasteiger partial charge on any atom is 0.288 e. The Hall–Kier alpha value is -2.71. The number of aromatic nitrogens is 2. The lowest BCUT2D eigenvalue weighted by atomic mass is 10.2. The van der Waals surface area contributed by atoms with E-state index in [0.29, 0.717) is 19.1 Å². The first-order chi connectivity index (χ1) is 13.5. The third-order valence-corrected chi connectivity index (χ3v) is 4.39. The molecule has 3 aromatic rings. The van der Waals surface area contributed by atoms with E-state index in [1.165, 1.54) is 6.07 Å². The Morgan fingerprint density at radius 1 is 1.21 bits per heavy atom. The quantitative estimate of drug-likeness (QED) is 0.513. The van der Waals surface area contributed by atoms with Crippen molar-refractivity contribution in [3.05, 3.63) is 70.6 Å². The molecule has 0 aliphatic rings. The molecule has 0 unspecified atom stereocenters. The van der Waals surface area contributed by atoms with Crippen LogP contribution in [0.15, 0.2) is 52.9 Å². The highest BCUT2D eigenvalue weighted by Gasteiger charge is 2.17. The second-order valence-electron chi connectivity index (χ2n) is 6.40. The van der Waals surface area contributed by atoms with Crippen molar-refractivity contribution in [2.75, 3.05) is 14.2 Å². The fourth-order valence-electron chi connectivity index (χ4n) is 2.68. The van der Waals surface area contributed by atoms with Crippen molar-refractivity contribution in [1.29, 1.82) is 0 Å². The van der Waals surface area contributed by atoms with Gasteiger partial charge in [-0.1, -0.05) is 24.3 Å². The van der Waals surface area contributed by atoms with Gasteiger partial charge in [-0.05, 0) is 56.0 Å². The van der Waals surface area contributed by atoms with E-state index < -0.39 is 11.9 Å². The van der Waals surface area contributed by atoms with Crippen LogP contribution in [-0.4, -0.2) is 28.8 Å². The van der Waals surface area contributed by atoms with Crippen LogP contribution in [0.2, 0.25) is 0 Å². The van der Waals surface area contributed by atoms with Crippen LogP contribution in [-0.2, 0) is 13.2 Å². The first-order valence-electron chi connectivity index (χ1n) is 8.76. The molecule has 0 fully saturated rings. The molecule has 28 heavy (non-hydrogen) atoms. The van der Waals surface area contributed by atoms with Crippen molar-refractivity contribution in [1.82, 2.24) is 14.7 Å². The summed E-state index contributed by atoms with van der Waals surface area (Å²) < 4.78 is 31.7. The van der Waals surface area contributed by atoms with Crippen LogP contribution in [0.1, 0.15) is 24.5 Å². The number of rotatable bonds is 8. The molecular formula is C20H22FN3O3S. The lowest BCUT2D eigenvalue weighted by Gasteiger charge is -2.16. The number of benzene rings is 2. The van der Waals surface area contributed by atoms with Gasteiger partial charge in [0.1, 0.15) is 5.75 Å². The van der Waals surface area contributed by atoms with E-state index in [0.717, 1.165) is 11.3 Å². The van der Waals surface area contributed by atoms with Crippen molar-refractivity contribution >= 4 is 12.2 Å². The summed E-state index contributed by atoms with van der Waals surface area (Å²) in [5.74, 6) is 0.818. The number of methoxy groups -OCH3 is 1. The third-order valence-electron chi connectivity index (χ3n) is 4.10. The van der Waals surface area contributed by atoms with E-state index in [1.807, 2.05) is 36.2 Å². The number of halogens is 1. The smallest absolute Gasteiger partial charge is 0.288 e. The fourth-order valence-corrected chi connectivity index (χ4v) is 2.86. The highest BCUT2D eigenvalue weighted by Crippen LogP contribution is 2.23. The molecule has 2 aromatic carbocycles. The minimum Gasteiger partial charge on any atom is -0.497 e. The molecule has 6 nitrogen and oxygen atoms in total. The Balaban J connectivity index is 1.64. The molecule has 1 atom stereocenters. The van der Waals surface area contributed by atoms with E-state index in [9.17, 15) is 4.39 Å². The van der Waals surface area contributed by atoms with E-state index in [2.05, 4.69) is 5.10 Å². The second-order valence-corrected chi connectivity index (χ2v) is 6.75. The Bertz CT molecular complexity index is 971. The van der Waals surface area contributed by atoms with Gasteiger partial charge in [-0.3, -0.25) is 4.90 Å². The van der Waals surface area contributed by atoms with Gasteiger partial charge < -0.3 is 13.9 Å². The summed E-state index contributed by atoms with van der Waals surface area (Å²) >= 11 is 5.26. The van der Waals surface area contributed by atoms with Gasteiger partial charge in [0.15, 0.2) is 17.7 Å². The monoisotopic (exact) mass is 403 g/mol. The van der Waals surface area contributed by atoms with Gasteiger partial charge in [0, 0.05) is 6.54 Å². The van der Waals surface area contributed by atoms with Crippen molar-refractivity contribution in [3.8, 4) is 11.5 Å². The maximum atomic E-state index is 13.8. The van der Waals surface area contributed by atoms with E-state index >= 15 is 0 Å². The average Bonchev–Trinajstić information content (AvgIpc) is 3.04. The largest absolute Gasteiger partial charge is 0.497 e. The minimum atomic E-state index is -0.577. The lowest BCUT2D eigenvalue weighted by Crippen LogP contribution is -2.22. The number of ether oxygens (including phenoxy) is 2. The molecule has 0 amide bonds. The molecule has 1 aromatic heterocycles. The topological polar surface area (TPSA) is 52.7 Å². The maximum absolute atomic E-state index is 13.8. The van der Waals surface area contributed by atoms with Gasteiger partial charge in [0.05, 0.1) is 13.8 Å². The molecule has 0 N–H and O–H groups in total. The summed E-state index contributed by atoms with van der Waals surface area (Å²) in [6, 6.07) is 14.1. The van der Waals surface area contributed by atoms with Crippen molar-refractivity contribution in [2.24, 2.45) is 0 Å². The normalized spacial score (nSPS) is 12.2. The minimum absolute atomic E-state index is 0.141. The number of hydrogen-bond acceptors (Lipinski definition) is 6. The SMILES string of the molecule is COc1ccc(CN(C)Cn2nc([C@@H](C)Oc3ccccc3F)oc2=S)cc1. The molecule has 0 saturated carbocycles. The zero-order valence-corrected chi connectivity index (χ0v) is 16.8. The standard InChI is InChI=1S/C20H22FN3O3S/c1-14(26-18-7-5-4-6-17(18)21)19-22-24(20(28)27-19)13-23(2)12-15-8-10-16(25-3)11-9-15/h4-11,14H,12-13H2,1-3H3/t14-/m1/s1. The molecule has 3 rings (SSSR count).